The molecule has 1 amide bonds. The van der Waals surface area contributed by atoms with Crippen molar-refractivity contribution in [3.63, 3.8) is 0 Å². The van der Waals surface area contributed by atoms with E-state index in [4.69, 9.17) is 9.47 Å². The van der Waals surface area contributed by atoms with Gasteiger partial charge in [-0.25, -0.2) is 9.78 Å². The van der Waals surface area contributed by atoms with Crippen molar-refractivity contribution in [2.24, 2.45) is 7.05 Å². The summed E-state index contributed by atoms with van der Waals surface area (Å²) in [5.74, 6) is 0.900. The summed E-state index contributed by atoms with van der Waals surface area (Å²) in [5, 5.41) is 3.00. The zero-order valence-electron chi connectivity index (χ0n) is 16.2. The Labute approximate surface area is 165 Å². The second-order valence-electron chi connectivity index (χ2n) is 6.96. The summed E-state index contributed by atoms with van der Waals surface area (Å²) in [6, 6.07) is 6.86. The summed E-state index contributed by atoms with van der Waals surface area (Å²) in [6.45, 7) is 1.98. The second-order valence-corrected chi connectivity index (χ2v) is 6.96. The number of aromatic nitrogens is 3. The minimum absolute atomic E-state index is 0.0778. The van der Waals surface area contributed by atoms with Crippen molar-refractivity contribution in [2.75, 3.05) is 13.7 Å². The van der Waals surface area contributed by atoms with Gasteiger partial charge in [-0.2, -0.15) is 0 Å². The first-order valence-corrected chi connectivity index (χ1v) is 9.09. The fourth-order valence-corrected chi connectivity index (χ4v) is 3.55. The Balaban J connectivity index is 1.68. The molecule has 0 bridgehead atoms. The number of methoxy groups -OCH3 is 1. The molecule has 0 radical (unpaired) electrons. The molecule has 1 atom stereocenters. The van der Waals surface area contributed by atoms with Crippen LogP contribution in [-0.4, -0.2) is 40.2 Å². The summed E-state index contributed by atoms with van der Waals surface area (Å²) in [7, 11) is 3.07. The molecule has 0 saturated carbocycles. The van der Waals surface area contributed by atoms with Crippen LogP contribution < -0.4 is 26.0 Å². The summed E-state index contributed by atoms with van der Waals surface area (Å²) in [5.41, 5.74) is 0.559. The Morgan fingerprint density at radius 2 is 2.17 bits per heavy atom. The third-order valence-corrected chi connectivity index (χ3v) is 4.95. The van der Waals surface area contributed by atoms with E-state index in [0.717, 1.165) is 5.56 Å². The third-order valence-electron chi connectivity index (χ3n) is 4.95. The molecule has 150 valence electrons. The molecular weight excluding hydrogens is 376 g/mol. The number of amides is 1. The van der Waals surface area contributed by atoms with Crippen LogP contribution in [0.5, 0.6) is 11.5 Å². The maximum Gasteiger partial charge on any atom is 0.329 e. The number of ether oxygens (including phenoxy) is 2. The number of carbonyl (C=O) groups excluding carboxylic acids is 1. The van der Waals surface area contributed by atoms with Gasteiger partial charge in [0.1, 0.15) is 12.3 Å². The van der Waals surface area contributed by atoms with Gasteiger partial charge in [-0.1, -0.05) is 12.1 Å². The van der Waals surface area contributed by atoms with Gasteiger partial charge in [-0.3, -0.25) is 19.1 Å². The van der Waals surface area contributed by atoms with Crippen LogP contribution >= 0.6 is 0 Å². The van der Waals surface area contributed by atoms with Crippen LogP contribution in [0.1, 0.15) is 21.6 Å². The number of benzene rings is 1. The quantitative estimate of drug-likeness (QED) is 0.673. The summed E-state index contributed by atoms with van der Waals surface area (Å²) < 4.78 is 12.3. The molecule has 0 spiro atoms. The van der Waals surface area contributed by atoms with Crippen LogP contribution in [-0.2, 0) is 13.5 Å². The third kappa shape index (κ3) is 3.24. The first-order valence-electron chi connectivity index (χ1n) is 9.09. The molecule has 3 heterocycles. The van der Waals surface area contributed by atoms with E-state index in [1.54, 1.807) is 14.0 Å². The standard InChI is InChI=1S/C20H20N4O5/c1-10-7-13(15-17(21-10)24(2)20(27)23-19(15)26)18(25)22-12-8-11-5-4-6-14(28-3)16(11)29-9-12/h4-7,12H,8-9H2,1-3H3,(H,22,25)(H,23,26,27). The highest BCUT2D eigenvalue weighted by Crippen LogP contribution is 2.34. The minimum atomic E-state index is -0.643. The summed E-state index contributed by atoms with van der Waals surface area (Å²) >= 11 is 0. The van der Waals surface area contributed by atoms with Gasteiger partial charge in [0.15, 0.2) is 11.5 Å². The Hall–Kier alpha value is -3.62. The number of H-pyrrole nitrogens is 1. The van der Waals surface area contributed by atoms with Crippen LogP contribution in [0.15, 0.2) is 33.9 Å². The summed E-state index contributed by atoms with van der Waals surface area (Å²) in [4.78, 5) is 43.7. The summed E-state index contributed by atoms with van der Waals surface area (Å²) in [6.07, 6.45) is 0.565. The molecular formula is C20H20N4O5. The molecule has 2 aromatic heterocycles. The van der Waals surface area contributed by atoms with Gasteiger partial charge in [-0.05, 0) is 25.5 Å². The van der Waals surface area contributed by atoms with Crippen molar-refractivity contribution in [3.8, 4) is 11.5 Å². The lowest BCUT2D eigenvalue weighted by atomic mass is 10.0. The number of pyridine rings is 1. The van der Waals surface area contributed by atoms with Gasteiger partial charge in [-0.15, -0.1) is 0 Å². The van der Waals surface area contributed by atoms with E-state index in [2.05, 4.69) is 15.3 Å². The lowest BCUT2D eigenvalue weighted by molar-refractivity contribution is 0.0916. The highest BCUT2D eigenvalue weighted by molar-refractivity contribution is 6.05. The highest BCUT2D eigenvalue weighted by Gasteiger charge is 2.26. The molecule has 9 heteroatoms. The van der Waals surface area contributed by atoms with E-state index < -0.39 is 17.2 Å². The Bertz CT molecular complexity index is 1240. The lowest BCUT2D eigenvalue weighted by Crippen LogP contribution is -2.43. The van der Waals surface area contributed by atoms with Crippen LogP contribution in [0.25, 0.3) is 11.0 Å². The Morgan fingerprint density at radius 3 is 2.93 bits per heavy atom. The highest BCUT2D eigenvalue weighted by atomic mass is 16.5. The molecule has 3 aromatic rings. The molecule has 2 N–H and O–H groups in total. The van der Waals surface area contributed by atoms with Gasteiger partial charge in [0.25, 0.3) is 11.5 Å². The number of hydrogen-bond donors (Lipinski definition) is 2. The van der Waals surface area contributed by atoms with Gasteiger partial charge in [0.05, 0.1) is 24.1 Å². The fraction of sp³-hybridized carbons (Fsp3) is 0.300. The SMILES string of the molecule is COc1cccc2c1OCC(NC(=O)c1cc(C)nc3c1c(=O)[nH]c(=O)n3C)C2. The van der Waals surface area contributed by atoms with Crippen molar-refractivity contribution < 1.29 is 14.3 Å². The zero-order valence-corrected chi connectivity index (χ0v) is 16.2. The molecule has 1 aromatic carbocycles. The van der Waals surface area contributed by atoms with Gasteiger partial charge < -0.3 is 14.8 Å². The van der Waals surface area contributed by atoms with Crippen LogP contribution in [0.2, 0.25) is 0 Å². The maximum atomic E-state index is 13.0. The van der Waals surface area contributed by atoms with E-state index in [1.165, 1.54) is 17.7 Å². The van der Waals surface area contributed by atoms with Crippen LogP contribution in [0.4, 0.5) is 0 Å². The van der Waals surface area contributed by atoms with Crippen molar-refractivity contribution >= 4 is 16.9 Å². The van der Waals surface area contributed by atoms with E-state index in [9.17, 15) is 14.4 Å². The number of carbonyl (C=O) groups is 1. The number of aromatic amines is 1. The van der Waals surface area contributed by atoms with Crippen molar-refractivity contribution in [3.05, 3.63) is 61.9 Å². The number of fused-ring (bicyclic) bond motifs is 2. The van der Waals surface area contributed by atoms with Crippen molar-refractivity contribution in [2.45, 2.75) is 19.4 Å². The number of nitrogens with one attached hydrogen (secondary N) is 2. The van der Waals surface area contributed by atoms with Gasteiger partial charge in [0.2, 0.25) is 0 Å². The van der Waals surface area contributed by atoms with Crippen LogP contribution in [0.3, 0.4) is 0 Å². The Morgan fingerprint density at radius 1 is 1.38 bits per heavy atom. The topological polar surface area (TPSA) is 115 Å². The monoisotopic (exact) mass is 396 g/mol. The normalized spacial score (nSPS) is 15.5. The zero-order chi connectivity index (χ0) is 20.7. The van der Waals surface area contributed by atoms with Crippen LogP contribution in [0, 0.1) is 6.92 Å². The van der Waals surface area contributed by atoms with E-state index in [0.29, 0.717) is 23.6 Å². The second kappa shape index (κ2) is 7.08. The molecule has 29 heavy (non-hydrogen) atoms. The van der Waals surface area contributed by atoms with Crippen molar-refractivity contribution in [1.29, 1.82) is 0 Å². The maximum absolute atomic E-state index is 13.0. The van der Waals surface area contributed by atoms with E-state index in [-0.39, 0.29) is 29.2 Å². The van der Waals surface area contributed by atoms with Gasteiger partial charge in [0, 0.05) is 18.3 Å². The molecule has 0 saturated heterocycles. The van der Waals surface area contributed by atoms with E-state index in [1.807, 2.05) is 18.2 Å². The van der Waals surface area contributed by atoms with Gasteiger partial charge >= 0.3 is 5.69 Å². The first kappa shape index (κ1) is 18.7. The predicted octanol–water partition coefficient (Wildman–Crippen LogP) is 0.672. The fourth-order valence-electron chi connectivity index (χ4n) is 3.55. The molecule has 9 nitrogen and oxygen atoms in total. The first-order chi connectivity index (χ1) is 13.9. The average Bonchev–Trinajstić information content (AvgIpc) is 2.70. The Kier molecular flexibility index (Phi) is 4.57. The number of para-hydroxylation sites is 1. The van der Waals surface area contributed by atoms with E-state index >= 15 is 0 Å². The molecule has 0 aliphatic carbocycles. The van der Waals surface area contributed by atoms with Crippen molar-refractivity contribution in [1.82, 2.24) is 19.9 Å². The molecule has 1 aliphatic heterocycles. The smallest absolute Gasteiger partial charge is 0.329 e. The molecule has 1 aliphatic rings. The molecule has 1 unspecified atom stereocenters. The minimum Gasteiger partial charge on any atom is -0.493 e. The molecule has 0 fully saturated rings. The number of hydrogen-bond acceptors (Lipinski definition) is 6. The number of nitrogens with zero attached hydrogens (tertiary/aromatic N) is 2. The average molecular weight is 396 g/mol. The number of rotatable bonds is 3. The lowest BCUT2D eigenvalue weighted by Gasteiger charge is -2.27. The number of aryl methyl sites for hydroxylation is 2. The predicted molar refractivity (Wildman–Crippen MR) is 106 cm³/mol. The molecule has 4 rings (SSSR count). The largest absolute Gasteiger partial charge is 0.493 e.